The summed E-state index contributed by atoms with van der Waals surface area (Å²) >= 11 is 0. The number of aromatic nitrogens is 3. The molecule has 0 aliphatic carbocycles. The molecule has 0 radical (unpaired) electrons. The van der Waals surface area contributed by atoms with Gasteiger partial charge in [0.25, 0.3) is 5.56 Å². The average Bonchev–Trinajstić information content (AvgIpc) is 3.48. The maximum absolute atomic E-state index is 13.6. The summed E-state index contributed by atoms with van der Waals surface area (Å²) in [6.07, 6.45) is 1.70. The minimum Gasteiger partial charge on any atom is -0.497 e. The van der Waals surface area contributed by atoms with E-state index >= 15 is 0 Å². The van der Waals surface area contributed by atoms with Crippen molar-refractivity contribution in [3.63, 3.8) is 0 Å². The lowest BCUT2D eigenvalue weighted by Crippen LogP contribution is -2.20. The fraction of sp³-hybridized carbons (Fsp3) is 0.100. The van der Waals surface area contributed by atoms with Gasteiger partial charge in [-0.1, -0.05) is 36.4 Å². The molecular weight excluding hydrogens is 464 g/mol. The minimum absolute atomic E-state index is 0.265. The largest absolute Gasteiger partial charge is 0.497 e. The summed E-state index contributed by atoms with van der Waals surface area (Å²) in [5.74, 6) is 1.60. The van der Waals surface area contributed by atoms with E-state index in [1.54, 1.807) is 19.4 Å². The molecular formula is C30H24N4O3. The minimum atomic E-state index is -0.265. The number of rotatable bonds is 5. The molecule has 0 aliphatic rings. The lowest BCUT2D eigenvalue weighted by molar-refractivity contribution is 0.414. The van der Waals surface area contributed by atoms with Crippen LogP contribution in [0, 0.1) is 13.8 Å². The maximum atomic E-state index is 13.6. The normalized spacial score (nSPS) is 11.6. The first-order chi connectivity index (χ1) is 18.0. The number of methoxy groups -OCH3 is 1. The first kappa shape index (κ1) is 22.5. The molecule has 6 aromatic rings. The van der Waals surface area contributed by atoms with Crippen LogP contribution in [0.3, 0.4) is 0 Å². The summed E-state index contributed by atoms with van der Waals surface area (Å²) < 4.78 is 14.9. The SMILES string of the molecule is COc1cccc(-n2c(C)cc(C=Nn3c(-c4cc5ccccc5o4)nc4ccccc4c3=O)c2C)c1. The van der Waals surface area contributed by atoms with Gasteiger partial charge in [-0.25, -0.2) is 4.98 Å². The maximum Gasteiger partial charge on any atom is 0.282 e. The highest BCUT2D eigenvalue weighted by Gasteiger charge is 2.17. The van der Waals surface area contributed by atoms with Gasteiger partial charge < -0.3 is 13.7 Å². The Kier molecular flexibility index (Phi) is 5.45. The van der Waals surface area contributed by atoms with E-state index in [4.69, 9.17) is 14.1 Å². The van der Waals surface area contributed by atoms with E-state index in [-0.39, 0.29) is 5.56 Å². The molecule has 0 bridgehead atoms. The summed E-state index contributed by atoms with van der Waals surface area (Å²) in [6, 6.07) is 26.8. The lowest BCUT2D eigenvalue weighted by atomic mass is 10.2. The van der Waals surface area contributed by atoms with E-state index in [1.165, 1.54) is 4.68 Å². The van der Waals surface area contributed by atoms with Crippen LogP contribution in [0.2, 0.25) is 0 Å². The molecule has 0 fully saturated rings. The Morgan fingerprint density at radius 1 is 0.946 bits per heavy atom. The highest BCUT2D eigenvalue weighted by molar-refractivity contribution is 5.85. The topological polar surface area (TPSA) is 74.6 Å². The van der Waals surface area contributed by atoms with Crippen molar-refractivity contribution < 1.29 is 9.15 Å². The van der Waals surface area contributed by atoms with Crippen molar-refractivity contribution in [3.05, 3.63) is 112 Å². The summed E-state index contributed by atoms with van der Waals surface area (Å²) in [5.41, 5.74) is 4.94. The summed E-state index contributed by atoms with van der Waals surface area (Å²) in [5, 5.41) is 6.05. The van der Waals surface area contributed by atoms with Gasteiger partial charge in [0.2, 0.25) is 5.82 Å². The third kappa shape index (κ3) is 3.90. The fourth-order valence-electron chi connectivity index (χ4n) is 4.67. The Bertz CT molecular complexity index is 1840. The van der Waals surface area contributed by atoms with Crippen molar-refractivity contribution in [2.45, 2.75) is 13.8 Å². The van der Waals surface area contributed by atoms with Crippen molar-refractivity contribution in [1.29, 1.82) is 0 Å². The van der Waals surface area contributed by atoms with Crippen LogP contribution >= 0.6 is 0 Å². The molecule has 0 saturated carbocycles. The predicted octanol–water partition coefficient (Wildman–Crippen LogP) is 6.11. The second kappa shape index (κ2) is 8.95. The zero-order valence-corrected chi connectivity index (χ0v) is 20.7. The highest BCUT2D eigenvalue weighted by atomic mass is 16.5. The van der Waals surface area contributed by atoms with Crippen molar-refractivity contribution in [2.75, 3.05) is 7.11 Å². The number of aryl methyl sites for hydroxylation is 1. The van der Waals surface area contributed by atoms with Crippen LogP contribution in [0.1, 0.15) is 17.0 Å². The molecule has 0 amide bonds. The molecule has 3 aromatic carbocycles. The van der Waals surface area contributed by atoms with Gasteiger partial charge in [-0.3, -0.25) is 4.79 Å². The summed E-state index contributed by atoms with van der Waals surface area (Å²) in [4.78, 5) is 18.3. The van der Waals surface area contributed by atoms with E-state index in [0.717, 1.165) is 39.4 Å². The summed E-state index contributed by atoms with van der Waals surface area (Å²) in [7, 11) is 1.65. The lowest BCUT2D eigenvalue weighted by Gasteiger charge is -2.11. The first-order valence-corrected chi connectivity index (χ1v) is 11.9. The number of furan rings is 1. The van der Waals surface area contributed by atoms with E-state index in [0.29, 0.717) is 22.5 Å². The van der Waals surface area contributed by atoms with Gasteiger partial charge in [-0.15, -0.1) is 0 Å². The number of hydrogen-bond acceptors (Lipinski definition) is 5. The van der Waals surface area contributed by atoms with Crippen LogP contribution < -0.4 is 10.3 Å². The fourth-order valence-corrected chi connectivity index (χ4v) is 4.67. The van der Waals surface area contributed by atoms with Crippen LogP contribution in [0.15, 0.2) is 99.2 Å². The van der Waals surface area contributed by atoms with Crippen molar-refractivity contribution in [1.82, 2.24) is 14.2 Å². The van der Waals surface area contributed by atoms with Gasteiger partial charge in [0.15, 0.2) is 5.76 Å². The molecule has 3 heterocycles. The van der Waals surface area contributed by atoms with Crippen LogP contribution in [0.4, 0.5) is 0 Å². The van der Waals surface area contributed by atoms with Gasteiger partial charge >= 0.3 is 0 Å². The third-order valence-electron chi connectivity index (χ3n) is 6.49. The Hall–Kier alpha value is -4.91. The van der Waals surface area contributed by atoms with Gasteiger partial charge in [0.1, 0.15) is 11.3 Å². The second-order valence-corrected chi connectivity index (χ2v) is 8.83. The Morgan fingerprint density at radius 3 is 2.59 bits per heavy atom. The third-order valence-corrected chi connectivity index (χ3v) is 6.49. The average molecular weight is 489 g/mol. The number of fused-ring (bicyclic) bond motifs is 2. The zero-order valence-electron chi connectivity index (χ0n) is 20.7. The van der Waals surface area contributed by atoms with E-state index < -0.39 is 0 Å². The first-order valence-electron chi connectivity index (χ1n) is 11.9. The van der Waals surface area contributed by atoms with Crippen LogP contribution in [0.5, 0.6) is 5.75 Å². The number of ether oxygens (including phenoxy) is 1. The van der Waals surface area contributed by atoms with Crippen molar-refractivity contribution in [3.8, 4) is 23.0 Å². The zero-order chi connectivity index (χ0) is 25.5. The van der Waals surface area contributed by atoms with Gasteiger partial charge in [-0.05, 0) is 56.3 Å². The quantitative estimate of drug-likeness (QED) is 0.275. The molecule has 0 spiro atoms. The Balaban J connectivity index is 1.50. The number of para-hydroxylation sites is 2. The monoisotopic (exact) mass is 488 g/mol. The highest BCUT2D eigenvalue weighted by Crippen LogP contribution is 2.27. The van der Waals surface area contributed by atoms with Gasteiger partial charge in [0.05, 0.1) is 24.2 Å². The molecule has 0 unspecified atom stereocenters. The van der Waals surface area contributed by atoms with Gasteiger partial charge in [-0.2, -0.15) is 9.78 Å². The molecule has 0 N–H and O–H groups in total. The second-order valence-electron chi connectivity index (χ2n) is 8.83. The van der Waals surface area contributed by atoms with Crippen molar-refractivity contribution >= 4 is 28.1 Å². The molecule has 182 valence electrons. The Labute approximate surface area is 212 Å². The number of hydrogen-bond donors (Lipinski definition) is 0. The van der Waals surface area contributed by atoms with Crippen LogP contribution in [-0.2, 0) is 0 Å². The van der Waals surface area contributed by atoms with Crippen LogP contribution in [0.25, 0.3) is 39.1 Å². The molecule has 7 heteroatoms. The standard InChI is InChI=1S/C30H24N4O3/c1-19-15-22(20(2)33(19)23-10-8-11-24(17-23)36-3)18-31-34-29(28-16-21-9-4-7-14-27(21)37-28)32-26-13-6-5-12-25(26)30(34)35/h4-18H,1-3H3. The predicted molar refractivity (Wildman–Crippen MR) is 146 cm³/mol. The van der Waals surface area contributed by atoms with E-state index in [9.17, 15) is 4.79 Å². The summed E-state index contributed by atoms with van der Waals surface area (Å²) in [6.45, 7) is 4.06. The molecule has 0 aliphatic heterocycles. The number of benzene rings is 3. The Morgan fingerprint density at radius 2 is 1.76 bits per heavy atom. The molecule has 7 nitrogen and oxygen atoms in total. The van der Waals surface area contributed by atoms with E-state index in [2.05, 4.69) is 9.67 Å². The van der Waals surface area contributed by atoms with E-state index in [1.807, 2.05) is 92.7 Å². The smallest absolute Gasteiger partial charge is 0.282 e. The van der Waals surface area contributed by atoms with Crippen LogP contribution in [-0.4, -0.2) is 27.6 Å². The van der Waals surface area contributed by atoms with Crippen molar-refractivity contribution in [2.24, 2.45) is 5.10 Å². The molecule has 0 saturated heterocycles. The van der Waals surface area contributed by atoms with Gasteiger partial charge in [0, 0.05) is 34.1 Å². The molecule has 6 rings (SSSR count). The molecule has 3 aromatic heterocycles. The molecule has 37 heavy (non-hydrogen) atoms. The number of nitrogens with zero attached hydrogens (tertiary/aromatic N) is 4. The molecule has 0 atom stereocenters.